The first-order valence-electron chi connectivity index (χ1n) is 9.32. The molecule has 150 valence electrons. The Balaban J connectivity index is 1.55. The van der Waals surface area contributed by atoms with Crippen molar-refractivity contribution in [3.05, 3.63) is 120 Å². The maximum atomic E-state index is 13.4. The summed E-state index contributed by atoms with van der Waals surface area (Å²) in [4.78, 5) is 3.53. The van der Waals surface area contributed by atoms with Gasteiger partial charge >= 0.3 is 0 Å². The van der Waals surface area contributed by atoms with Crippen molar-refractivity contribution in [1.29, 1.82) is 0 Å². The summed E-state index contributed by atoms with van der Waals surface area (Å²) < 4.78 is 45.4. The van der Waals surface area contributed by atoms with Gasteiger partial charge in [-0.1, -0.05) is 36.4 Å². The van der Waals surface area contributed by atoms with Gasteiger partial charge in [-0.25, -0.2) is 13.2 Å². The zero-order valence-electron chi connectivity index (χ0n) is 15.9. The van der Waals surface area contributed by atoms with Gasteiger partial charge < -0.3 is 4.74 Å². The first-order valence-corrected chi connectivity index (χ1v) is 10.5. The molecule has 0 fully saturated rings. The second kappa shape index (κ2) is 9.09. The second-order valence-corrected chi connectivity index (χ2v) is 8.59. The first-order chi connectivity index (χ1) is 14.6. The summed E-state index contributed by atoms with van der Waals surface area (Å²) in [6, 6.07) is 30.0. The van der Waals surface area contributed by atoms with Gasteiger partial charge in [-0.3, -0.25) is 0 Å². The predicted molar refractivity (Wildman–Crippen MR) is 112 cm³/mol. The van der Waals surface area contributed by atoms with Crippen molar-refractivity contribution in [2.75, 3.05) is 0 Å². The molecule has 1 nitrogen and oxygen atoms in total. The molecule has 0 bridgehead atoms. The van der Waals surface area contributed by atoms with E-state index in [9.17, 15) is 13.2 Å². The summed E-state index contributed by atoms with van der Waals surface area (Å²) in [7, 11) is -0.268. The summed E-state index contributed by atoms with van der Waals surface area (Å²) in [6.07, 6.45) is 0. The van der Waals surface area contributed by atoms with E-state index in [4.69, 9.17) is 4.74 Å². The molecule has 0 atom stereocenters. The highest BCUT2D eigenvalue weighted by atomic mass is 32.2. The van der Waals surface area contributed by atoms with Gasteiger partial charge in [0.2, 0.25) is 0 Å². The third-order valence-electron chi connectivity index (χ3n) is 4.47. The summed E-state index contributed by atoms with van der Waals surface area (Å²) >= 11 is 0. The number of hydrogen-bond donors (Lipinski definition) is 0. The summed E-state index contributed by atoms with van der Waals surface area (Å²) in [6.45, 7) is -0.0590. The molecular formula is C25H18F3OS+. The summed E-state index contributed by atoms with van der Waals surface area (Å²) in [5, 5.41) is 0. The van der Waals surface area contributed by atoms with Crippen molar-refractivity contribution in [2.24, 2.45) is 0 Å². The van der Waals surface area contributed by atoms with Crippen molar-refractivity contribution in [3.63, 3.8) is 0 Å². The molecule has 0 saturated heterocycles. The smallest absolute Gasteiger partial charge is 0.194 e. The molecule has 0 heterocycles. The zero-order chi connectivity index (χ0) is 20.9. The van der Waals surface area contributed by atoms with Crippen molar-refractivity contribution in [2.45, 2.75) is 21.3 Å². The van der Waals surface area contributed by atoms with Gasteiger partial charge in [0.05, 0.1) is 10.9 Å². The molecule has 0 aromatic heterocycles. The fraction of sp³-hybridized carbons (Fsp3) is 0.0400. The Labute approximate surface area is 176 Å². The van der Waals surface area contributed by atoms with Crippen LogP contribution < -0.4 is 4.74 Å². The number of benzene rings is 4. The van der Waals surface area contributed by atoms with Crippen LogP contribution in [-0.4, -0.2) is 0 Å². The van der Waals surface area contributed by atoms with E-state index in [-0.39, 0.29) is 23.1 Å². The predicted octanol–water partition coefficient (Wildman–Crippen LogP) is 6.78. The molecule has 0 radical (unpaired) electrons. The van der Waals surface area contributed by atoms with E-state index in [2.05, 4.69) is 24.3 Å². The van der Waals surface area contributed by atoms with Crippen LogP contribution in [0.1, 0.15) is 5.56 Å². The molecule has 0 unspecified atom stereocenters. The largest absolute Gasteiger partial charge is 0.489 e. The topological polar surface area (TPSA) is 9.23 Å². The van der Waals surface area contributed by atoms with Crippen LogP contribution in [0.4, 0.5) is 13.2 Å². The van der Waals surface area contributed by atoms with Gasteiger partial charge in [0.15, 0.2) is 32.1 Å². The Bertz CT molecular complexity index is 1050. The molecule has 5 heteroatoms. The fourth-order valence-electron chi connectivity index (χ4n) is 3.05. The highest BCUT2D eigenvalue weighted by molar-refractivity contribution is 7.97. The Hall–Kier alpha value is -3.18. The monoisotopic (exact) mass is 423 g/mol. The van der Waals surface area contributed by atoms with Crippen LogP contribution in [0, 0.1) is 17.5 Å². The molecule has 4 rings (SSSR count). The number of hydrogen-bond acceptors (Lipinski definition) is 1. The standard InChI is InChI=1S/C25H18F3OS/c26-23-15-18(16-24(27)25(23)28)17-29-19-11-13-22(14-12-19)30(20-7-3-1-4-8-20)21-9-5-2-6-10-21/h1-16H,17H2/q+1. The molecule has 0 aliphatic rings. The van der Waals surface area contributed by atoms with Crippen molar-refractivity contribution in [1.82, 2.24) is 0 Å². The first kappa shape index (κ1) is 20.1. The van der Waals surface area contributed by atoms with E-state index in [0.717, 1.165) is 17.0 Å². The lowest BCUT2D eigenvalue weighted by Crippen LogP contribution is -2.05. The Morgan fingerprint density at radius 2 is 1.07 bits per heavy atom. The third kappa shape index (κ3) is 4.52. The van der Waals surface area contributed by atoms with Gasteiger partial charge in [0.25, 0.3) is 0 Å². The third-order valence-corrected chi connectivity index (χ3v) is 6.70. The van der Waals surface area contributed by atoms with E-state index in [0.29, 0.717) is 5.75 Å². The lowest BCUT2D eigenvalue weighted by atomic mass is 10.2. The second-order valence-electron chi connectivity index (χ2n) is 6.57. The van der Waals surface area contributed by atoms with Crippen LogP contribution in [0.3, 0.4) is 0 Å². The molecule has 4 aromatic carbocycles. The Kier molecular flexibility index (Phi) is 6.10. The molecule has 30 heavy (non-hydrogen) atoms. The molecule has 0 aliphatic carbocycles. The van der Waals surface area contributed by atoms with Crippen LogP contribution in [0.2, 0.25) is 0 Å². The van der Waals surface area contributed by atoms with Crippen molar-refractivity contribution < 1.29 is 17.9 Å². The van der Waals surface area contributed by atoms with Gasteiger partial charge in [-0.15, -0.1) is 0 Å². The lowest BCUT2D eigenvalue weighted by molar-refractivity contribution is 0.303. The maximum absolute atomic E-state index is 13.4. The van der Waals surface area contributed by atoms with Gasteiger partial charge in [0, 0.05) is 0 Å². The molecule has 0 amide bonds. The van der Waals surface area contributed by atoms with E-state index in [1.54, 1.807) is 0 Å². The highest BCUT2D eigenvalue weighted by Gasteiger charge is 2.28. The minimum Gasteiger partial charge on any atom is -0.489 e. The molecule has 0 N–H and O–H groups in total. The Morgan fingerprint density at radius 3 is 1.57 bits per heavy atom. The van der Waals surface area contributed by atoms with E-state index in [1.807, 2.05) is 60.7 Å². The van der Waals surface area contributed by atoms with Crippen LogP contribution in [-0.2, 0) is 17.5 Å². The average molecular weight is 423 g/mol. The SMILES string of the molecule is Fc1cc(COc2ccc([S+](c3ccccc3)c3ccccc3)cc2)cc(F)c1F. The van der Waals surface area contributed by atoms with Crippen LogP contribution in [0.5, 0.6) is 5.75 Å². The minimum absolute atomic E-state index is 0.0590. The highest BCUT2D eigenvalue weighted by Crippen LogP contribution is 2.32. The quantitative estimate of drug-likeness (QED) is 0.245. The summed E-state index contributed by atoms with van der Waals surface area (Å²) in [5.41, 5.74) is 0.226. The normalized spacial score (nSPS) is 10.9. The Morgan fingerprint density at radius 1 is 0.600 bits per heavy atom. The number of rotatable bonds is 6. The van der Waals surface area contributed by atoms with Crippen LogP contribution in [0.25, 0.3) is 0 Å². The number of halogens is 3. The van der Waals surface area contributed by atoms with E-state index < -0.39 is 17.5 Å². The summed E-state index contributed by atoms with van der Waals surface area (Å²) in [5.74, 6) is -3.36. The van der Waals surface area contributed by atoms with Crippen LogP contribution >= 0.6 is 0 Å². The number of ether oxygens (including phenoxy) is 1. The van der Waals surface area contributed by atoms with Crippen molar-refractivity contribution >= 4 is 10.9 Å². The molecule has 4 aromatic rings. The van der Waals surface area contributed by atoms with Gasteiger partial charge in [-0.2, -0.15) is 0 Å². The van der Waals surface area contributed by atoms with Gasteiger partial charge in [0.1, 0.15) is 12.4 Å². The maximum Gasteiger partial charge on any atom is 0.194 e. The lowest BCUT2D eigenvalue weighted by Gasteiger charge is -2.10. The fourth-order valence-corrected chi connectivity index (χ4v) is 5.13. The molecule has 0 saturated carbocycles. The van der Waals surface area contributed by atoms with Crippen LogP contribution in [0.15, 0.2) is 112 Å². The van der Waals surface area contributed by atoms with Gasteiger partial charge in [-0.05, 0) is 66.2 Å². The minimum atomic E-state index is -1.48. The zero-order valence-corrected chi connectivity index (χ0v) is 16.7. The van der Waals surface area contributed by atoms with E-state index >= 15 is 0 Å². The molecular weight excluding hydrogens is 405 g/mol. The average Bonchev–Trinajstić information content (AvgIpc) is 2.78. The van der Waals surface area contributed by atoms with E-state index in [1.165, 1.54) is 9.79 Å². The van der Waals surface area contributed by atoms with Crippen molar-refractivity contribution in [3.8, 4) is 5.75 Å². The molecule has 0 spiro atoms. The molecule has 0 aliphatic heterocycles.